The fourth-order valence-electron chi connectivity index (χ4n) is 2.63. The highest BCUT2D eigenvalue weighted by atomic mass is 35.5. The Balaban J connectivity index is 1.84. The first kappa shape index (κ1) is 20.3. The van der Waals surface area contributed by atoms with E-state index in [2.05, 4.69) is 35.5 Å². The van der Waals surface area contributed by atoms with Crippen LogP contribution in [0, 0.1) is 5.82 Å². The first-order valence-corrected chi connectivity index (χ1v) is 8.97. The molecule has 2 aromatic heterocycles. The first-order valence-electron chi connectivity index (χ1n) is 8.59. The van der Waals surface area contributed by atoms with E-state index >= 15 is 0 Å². The van der Waals surface area contributed by atoms with Gasteiger partial charge in [-0.2, -0.15) is 5.10 Å². The predicted octanol–water partition coefficient (Wildman–Crippen LogP) is 3.06. The van der Waals surface area contributed by atoms with E-state index in [-0.39, 0.29) is 17.3 Å². The summed E-state index contributed by atoms with van der Waals surface area (Å²) in [6, 6.07) is 4.25. The summed E-state index contributed by atoms with van der Waals surface area (Å²) in [6.45, 7) is 2.17. The van der Waals surface area contributed by atoms with Gasteiger partial charge in [0.2, 0.25) is 5.95 Å². The van der Waals surface area contributed by atoms with Crippen molar-refractivity contribution in [2.75, 3.05) is 24.7 Å². The number of benzene rings is 1. The van der Waals surface area contributed by atoms with Gasteiger partial charge in [-0.15, -0.1) is 0 Å². The zero-order valence-corrected chi connectivity index (χ0v) is 16.4. The van der Waals surface area contributed by atoms with Crippen LogP contribution in [0.4, 0.5) is 20.8 Å². The maximum atomic E-state index is 14.5. The smallest absolute Gasteiger partial charge is 0.407 e. The van der Waals surface area contributed by atoms with Gasteiger partial charge in [0, 0.05) is 34.9 Å². The number of hydrogen-bond acceptors (Lipinski definition) is 7. The molecule has 0 radical (unpaired) electrons. The molecule has 152 valence electrons. The summed E-state index contributed by atoms with van der Waals surface area (Å²) in [7, 11) is 1.29. The van der Waals surface area contributed by atoms with Crippen molar-refractivity contribution in [2.24, 2.45) is 0 Å². The fourth-order valence-corrected chi connectivity index (χ4v) is 2.85. The quantitative estimate of drug-likeness (QED) is 0.451. The zero-order chi connectivity index (χ0) is 21.0. The van der Waals surface area contributed by atoms with Crippen LogP contribution in [0.5, 0.6) is 0 Å². The second-order valence-corrected chi connectivity index (χ2v) is 6.64. The van der Waals surface area contributed by atoms with Crippen LogP contribution >= 0.6 is 11.6 Å². The minimum Gasteiger partial charge on any atom is -0.453 e. The molecular formula is C18H19ClFN7O2. The Bertz CT molecular complexity index is 1030. The number of aromatic amines is 1. The predicted molar refractivity (Wildman–Crippen MR) is 108 cm³/mol. The topological polar surface area (TPSA) is 131 Å². The number of alkyl carbamates (subject to hydrolysis) is 1. The molecule has 0 fully saturated rings. The van der Waals surface area contributed by atoms with Gasteiger partial charge < -0.3 is 21.1 Å². The van der Waals surface area contributed by atoms with Crippen molar-refractivity contribution in [3.05, 3.63) is 41.4 Å². The first-order chi connectivity index (χ1) is 13.9. The van der Waals surface area contributed by atoms with Crippen molar-refractivity contribution in [1.82, 2.24) is 25.5 Å². The Labute approximate surface area is 170 Å². The van der Waals surface area contributed by atoms with Gasteiger partial charge >= 0.3 is 6.09 Å². The van der Waals surface area contributed by atoms with E-state index in [0.29, 0.717) is 34.5 Å². The third-order valence-corrected chi connectivity index (χ3v) is 4.24. The van der Waals surface area contributed by atoms with Crippen LogP contribution in [0.2, 0.25) is 5.02 Å². The van der Waals surface area contributed by atoms with Crippen molar-refractivity contribution in [1.29, 1.82) is 0 Å². The normalized spacial score (nSPS) is 11.7. The maximum absolute atomic E-state index is 14.5. The maximum Gasteiger partial charge on any atom is 0.407 e. The number of methoxy groups -OCH3 is 1. The Morgan fingerprint density at radius 1 is 1.41 bits per heavy atom. The van der Waals surface area contributed by atoms with E-state index in [0.717, 1.165) is 0 Å². The van der Waals surface area contributed by atoms with Gasteiger partial charge in [0.15, 0.2) is 5.82 Å². The Hall–Kier alpha value is -3.40. The number of nitrogen functional groups attached to an aromatic ring is 1. The minimum atomic E-state index is -0.602. The molecule has 1 aromatic carbocycles. The number of rotatable bonds is 6. The van der Waals surface area contributed by atoms with Crippen molar-refractivity contribution >= 4 is 29.3 Å². The zero-order valence-electron chi connectivity index (χ0n) is 15.7. The summed E-state index contributed by atoms with van der Waals surface area (Å²) in [5.41, 5.74) is 7.26. The molecule has 1 amide bonds. The van der Waals surface area contributed by atoms with Crippen molar-refractivity contribution in [3.8, 4) is 22.5 Å². The molecule has 0 bridgehead atoms. The van der Waals surface area contributed by atoms with Crippen LogP contribution in [0.25, 0.3) is 22.5 Å². The van der Waals surface area contributed by atoms with Gasteiger partial charge in [0.1, 0.15) is 0 Å². The van der Waals surface area contributed by atoms with Crippen molar-refractivity contribution in [2.45, 2.75) is 13.0 Å². The van der Waals surface area contributed by atoms with Gasteiger partial charge in [-0.05, 0) is 25.1 Å². The summed E-state index contributed by atoms with van der Waals surface area (Å²) in [5.74, 6) is -0.269. The van der Waals surface area contributed by atoms with E-state index in [1.165, 1.54) is 25.4 Å². The van der Waals surface area contributed by atoms with Gasteiger partial charge in [-0.3, -0.25) is 5.10 Å². The fraction of sp³-hybridized carbons (Fsp3) is 0.222. The molecule has 5 N–H and O–H groups in total. The number of nitrogens with two attached hydrogens (primary N) is 1. The lowest BCUT2D eigenvalue weighted by Crippen LogP contribution is -2.37. The summed E-state index contributed by atoms with van der Waals surface area (Å²) in [4.78, 5) is 19.8. The van der Waals surface area contributed by atoms with Gasteiger partial charge in [0.25, 0.3) is 0 Å². The second-order valence-electron chi connectivity index (χ2n) is 6.20. The lowest BCUT2D eigenvalue weighted by molar-refractivity contribution is 0.168. The van der Waals surface area contributed by atoms with E-state index < -0.39 is 11.9 Å². The van der Waals surface area contributed by atoms with Crippen LogP contribution in [-0.2, 0) is 4.74 Å². The molecule has 3 rings (SSSR count). The van der Waals surface area contributed by atoms with E-state index in [4.69, 9.17) is 17.3 Å². The number of hydrogen-bond donors (Lipinski definition) is 4. The molecule has 0 spiro atoms. The molecule has 11 heteroatoms. The lowest BCUT2D eigenvalue weighted by Gasteiger charge is -2.14. The molecule has 0 aliphatic carbocycles. The highest BCUT2D eigenvalue weighted by Crippen LogP contribution is 2.34. The molecule has 9 nitrogen and oxygen atoms in total. The molecule has 3 aromatic rings. The lowest BCUT2D eigenvalue weighted by atomic mass is 10.0. The number of aromatic nitrogens is 4. The highest BCUT2D eigenvalue weighted by molar-refractivity contribution is 6.31. The Kier molecular flexibility index (Phi) is 6.13. The molecule has 0 saturated carbocycles. The average molecular weight is 420 g/mol. The molecule has 0 saturated heterocycles. The Morgan fingerprint density at radius 3 is 2.97 bits per heavy atom. The van der Waals surface area contributed by atoms with Crippen molar-refractivity contribution < 1.29 is 13.9 Å². The molecule has 2 heterocycles. The van der Waals surface area contributed by atoms with Crippen LogP contribution in [0.15, 0.2) is 30.6 Å². The number of nitrogens with zero attached hydrogens (tertiary/aromatic N) is 3. The van der Waals surface area contributed by atoms with Gasteiger partial charge in [-0.1, -0.05) is 11.6 Å². The number of halogens is 2. The summed E-state index contributed by atoms with van der Waals surface area (Å²) >= 11 is 6.02. The van der Waals surface area contributed by atoms with Crippen LogP contribution in [0.1, 0.15) is 6.92 Å². The van der Waals surface area contributed by atoms with Gasteiger partial charge in [-0.25, -0.2) is 19.2 Å². The number of carbonyl (C=O) groups excluding carboxylic acids is 1. The second kappa shape index (κ2) is 8.74. The summed E-state index contributed by atoms with van der Waals surface area (Å²) in [5, 5.41) is 12.7. The van der Waals surface area contributed by atoms with Crippen molar-refractivity contribution in [3.63, 3.8) is 0 Å². The minimum absolute atomic E-state index is 0.0646. The van der Waals surface area contributed by atoms with Crippen LogP contribution in [0.3, 0.4) is 0 Å². The molecule has 0 aliphatic heterocycles. The summed E-state index contributed by atoms with van der Waals surface area (Å²) in [6.07, 6.45) is 2.56. The standard InChI is InChI=1S/C18H19ClFN7O2/c1-9(25-18(28)29-2)7-23-17-22-4-3-14(26-17)12-8-24-27-16(12)11-5-10(19)6-13(21)15(11)20/h3-6,8-9H,7,21H2,1-2H3,(H,24,27)(H,25,28)(H,22,23,26). The van der Waals surface area contributed by atoms with Crippen LogP contribution < -0.4 is 16.4 Å². The third kappa shape index (κ3) is 4.72. The molecule has 0 aliphatic rings. The number of H-pyrrole nitrogens is 1. The number of amides is 1. The van der Waals surface area contributed by atoms with E-state index in [1.807, 2.05) is 0 Å². The van der Waals surface area contributed by atoms with E-state index in [1.54, 1.807) is 19.2 Å². The molecular weight excluding hydrogens is 401 g/mol. The van der Waals surface area contributed by atoms with Crippen LogP contribution in [-0.4, -0.2) is 46.0 Å². The molecule has 1 atom stereocenters. The monoisotopic (exact) mass is 419 g/mol. The third-order valence-electron chi connectivity index (χ3n) is 4.02. The van der Waals surface area contributed by atoms with E-state index in [9.17, 15) is 9.18 Å². The summed E-state index contributed by atoms with van der Waals surface area (Å²) < 4.78 is 19.1. The SMILES string of the molecule is COC(=O)NC(C)CNc1nccc(-c2cn[nH]c2-c2cc(Cl)cc(N)c2F)n1. The Morgan fingerprint density at radius 2 is 2.21 bits per heavy atom. The number of nitrogens with one attached hydrogen (secondary N) is 3. The van der Waals surface area contributed by atoms with Gasteiger partial charge in [0.05, 0.1) is 30.4 Å². The molecule has 29 heavy (non-hydrogen) atoms. The number of anilines is 2. The number of carbonyl (C=O) groups is 1. The largest absolute Gasteiger partial charge is 0.453 e. The molecule has 1 unspecified atom stereocenters. The average Bonchev–Trinajstić information content (AvgIpc) is 3.19. The number of ether oxygens (including phenoxy) is 1. The highest BCUT2D eigenvalue weighted by Gasteiger charge is 2.18.